The third-order valence-electron chi connectivity index (χ3n) is 4.32. The Morgan fingerprint density at radius 3 is 2.11 bits per heavy atom. The number of nitrogens with one attached hydrogen (secondary N) is 1. The first kappa shape index (κ1) is 21.5. The third-order valence-corrected chi connectivity index (χ3v) is 5.95. The lowest BCUT2D eigenvalue weighted by Gasteiger charge is -2.14. The maximum Gasteiger partial charge on any atom is 0.267 e. The van der Waals surface area contributed by atoms with Crippen molar-refractivity contribution in [2.24, 2.45) is 7.05 Å². The van der Waals surface area contributed by atoms with E-state index in [4.69, 9.17) is 14.2 Å². The van der Waals surface area contributed by atoms with Crippen molar-refractivity contribution in [3.63, 3.8) is 0 Å². The number of sulfonamides is 1. The van der Waals surface area contributed by atoms with Gasteiger partial charge in [0, 0.05) is 13.5 Å². The van der Waals surface area contributed by atoms with E-state index in [1.54, 1.807) is 33.0 Å². The highest BCUT2D eigenvalue weighted by Gasteiger charge is 2.25. The minimum Gasteiger partial charge on any atom is -0.493 e. The number of hydrogen-bond acceptors (Lipinski definition) is 7. The Bertz CT molecular complexity index is 956. The number of amides is 1. The average molecular weight is 411 g/mol. The van der Waals surface area contributed by atoms with Crippen LogP contribution in [-0.4, -0.2) is 45.4 Å². The molecule has 154 valence electrons. The second-order valence-electron chi connectivity index (χ2n) is 6.19. The second-order valence-corrected chi connectivity index (χ2v) is 7.81. The van der Waals surface area contributed by atoms with Gasteiger partial charge in [-0.25, -0.2) is 13.1 Å². The molecule has 10 heteroatoms. The van der Waals surface area contributed by atoms with E-state index in [1.807, 2.05) is 0 Å². The minimum atomic E-state index is -3.99. The quantitative estimate of drug-likeness (QED) is 0.701. The minimum absolute atomic E-state index is 0.0242. The highest BCUT2D eigenvalue weighted by Crippen LogP contribution is 2.38. The first-order valence-electron chi connectivity index (χ1n) is 8.49. The van der Waals surface area contributed by atoms with Crippen molar-refractivity contribution < 1.29 is 27.4 Å². The first-order chi connectivity index (χ1) is 13.1. The molecule has 0 aliphatic rings. The number of nitrogens with zero attached hydrogens (tertiary/aromatic N) is 2. The fraction of sp³-hybridized carbons (Fsp3) is 0.444. The lowest BCUT2D eigenvalue weighted by Crippen LogP contribution is -2.31. The van der Waals surface area contributed by atoms with Gasteiger partial charge < -0.3 is 14.2 Å². The van der Waals surface area contributed by atoms with Gasteiger partial charge in [-0.3, -0.25) is 9.48 Å². The van der Waals surface area contributed by atoms with Crippen molar-refractivity contribution in [1.29, 1.82) is 0 Å². The standard InChI is InChI=1S/C18H25N3O6S/c1-11-18(12(2)21(3)19-11)28(23,24)20-16(22)8-7-13-9-14(25-4)17(27-6)15(10-13)26-5/h9-10H,7-8H2,1-6H3,(H,20,22). The van der Waals surface area contributed by atoms with Gasteiger partial charge in [0.25, 0.3) is 10.0 Å². The lowest BCUT2D eigenvalue weighted by molar-refractivity contribution is -0.119. The van der Waals surface area contributed by atoms with Crippen LogP contribution in [0.4, 0.5) is 0 Å². The Balaban J connectivity index is 2.14. The molecule has 0 bridgehead atoms. The van der Waals surface area contributed by atoms with Gasteiger partial charge in [0.1, 0.15) is 4.90 Å². The summed E-state index contributed by atoms with van der Waals surface area (Å²) in [4.78, 5) is 12.3. The van der Waals surface area contributed by atoms with Crippen molar-refractivity contribution >= 4 is 15.9 Å². The summed E-state index contributed by atoms with van der Waals surface area (Å²) in [5.74, 6) is 0.762. The number of carbonyl (C=O) groups excluding carboxylic acids is 1. The molecule has 1 aromatic carbocycles. The van der Waals surface area contributed by atoms with Crippen LogP contribution in [0.25, 0.3) is 0 Å². The highest BCUT2D eigenvalue weighted by atomic mass is 32.2. The molecule has 0 aliphatic carbocycles. The third kappa shape index (κ3) is 4.38. The lowest BCUT2D eigenvalue weighted by atomic mass is 10.1. The molecular weight excluding hydrogens is 386 g/mol. The number of hydrogen-bond donors (Lipinski definition) is 1. The van der Waals surface area contributed by atoms with Crippen LogP contribution in [0.2, 0.25) is 0 Å². The second kappa shape index (κ2) is 8.51. The molecule has 0 atom stereocenters. The molecule has 0 spiro atoms. The topological polar surface area (TPSA) is 109 Å². The van der Waals surface area contributed by atoms with E-state index in [9.17, 15) is 13.2 Å². The number of aryl methyl sites for hydroxylation is 3. The monoisotopic (exact) mass is 411 g/mol. The normalized spacial score (nSPS) is 11.2. The number of rotatable bonds is 8. The molecule has 28 heavy (non-hydrogen) atoms. The fourth-order valence-corrected chi connectivity index (χ4v) is 4.39. The zero-order valence-electron chi connectivity index (χ0n) is 16.8. The Hall–Kier alpha value is -2.75. The number of benzene rings is 1. The van der Waals surface area contributed by atoms with Crippen molar-refractivity contribution in [2.75, 3.05) is 21.3 Å². The zero-order chi connectivity index (χ0) is 21.1. The highest BCUT2D eigenvalue weighted by molar-refractivity contribution is 7.90. The fourth-order valence-electron chi connectivity index (χ4n) is 2.93. The molecule has 2 aromatic rings. The molecular formula is C18H25N3O6S. The van der Waals surface area contributed by atoms with Gasteiger partial charge in [-0.15, -0.1) is 0 Å². The summed E-state index contributed by atoms with van der Waals surface area (Å²) in [6.07, 6.45) is 0.263. The van der Waals surface area contributed by atoms with Crippen LogP contribution in [0.1, 0.15) is 23.4 Å². The largest absolute Gasteiger partial charge is 0.493 e. The molecule has 1 heterocycles. The molecule has 0 saturated carbocycles. The van der Waals surface area contributed by atoms with E-state index >= 15 is 0 Å². The van der Waals surface area contributed by atoms with Gasteiger partial charge in [0.2, 0.25) is 11.7 Å². The van der Waals surface area contributed by atoms with Crippen LogP contribution in [0.5, 0.6) is 17.2 Å². The van der Waals surface area contributed by atoms with Crippen molar-refractivity contribution in [1.82, 2.24) is 14.5 Å². The van der Waals surface area contributed by atoms with Crippen LogP contribution in [-0.2, 0) is 28.3 Å². The smallest absolute Gasteiger partial charge is 0.267 e. The number of methoxy groups -OCH3 is 3. The van der Waals surface area contributed by atoms with E-state index < -0.39 is 15.9 Å². The summed E-state index contributed by atoms with van der Waals surface area (Å²) in [5, 5.41) is 4.08. The van der Waals surface area contributed by atoms with Gasteiger partial charge >= 0.3 is 0 Å². The van der Waals surface area contributed by atoms with Crippen LogP contribution >= 0.6 is 0 Å². The summed E-state index contributed by atoms with van der Waals surface area (Å²) >= 11 is 0. The summed E-state index contributed by atoms with van der Waals surface area (Å²) in [5.41, 5.74) is 1.54. The molecule has 0 radical (unpaired) electrons. The van der Waals surface area contributed by atoms with E-state index in [-0.39, 0.29) is 11.3 Å². The van der Waals surface area contributed by atoms with Gasteiger partial charge in [-0.1, -0.05) is 0 Å². The maximum absolute atomic E-state index is 12.6. The molecule has 9 nitrogen and oxygen atoms in total. The van der Waals surface area contributed by atoms with Crippen LogP contribution in [0, 0.1) is 13.8 Å². The molecule has 0 unspecified atom stereocenters. The Morgan fingerprint density at radius 1 is 1.11 bits per heavy atom. The van der Waals surface area contributed by atoms with E-state index in [0.29, 0.717) is 35.1 Å². The molecule has 1 aromatic heterocycles. The van der Waals surface area contributed by atoms with E-state index in [1.165, 1.54) is 26.0 Å². The Labute approximate surface area is 164 Å². The molecule has 1 N–H and O–H groups in total. The van der Waals surface area contributed by atoms with E-state index in [0.717, 1.165) is 5.56 Å². The van der Waals surface area contributed by atoms with Gasteiger partial charge in [-0.2, -0.15) is 5.10 Å². The summed E-state index contributed by atoms with van der Waals surface area (Å²) in [6, 6.07) is 3.44. The molecule has 0 aliphatic heterocycles. The summed E-state index contributed by atoms with van der Waals surface area (Å²) in [7, 11) is 2.15. The predicted molar refractivity (Wildman–Crippen MR) is 102 cm³/mol. The van der Waals surface area contributed by atoms with Crippen LogP contribution < -0.4 is 18.9 Å². The predicted octanol–water partition coefficient (Wildman–Crippen LogP) is 1.50. The Kier molecular flexibility index (Phi) is 6.55. The van der Waals surface area contributed by atoms with E-state index in [2.05, 4.69) is 9.82 Å². The zero-order valence-corrected chi connectivity index (χ0v) is 17.6. The first-order valence-corrected chi connectivity index (χ1v) is 9.97. The number of ether oxygens (including phenoxy) is 3. The maximum atomic E-state index is 12.6. The van der Waals surface area contributed by atoms with Gasteiger partial charge in [0.15, 0.2) is 11.5 Å². The van der Waals surface area contributed by atoms with Gasteiger partial charge in [-0.05, 0) is 38.0 Å². The SMILES string of the molecule is COc1cc(CCC(=O)NS(=O)(=O)c2c(C)nn(C)c2C)cc(OC)c1OC. The molecule has 2 rings (SSSR count). The average Bonchev–Trinajstić information content (AvgIpc) is 2.90. The Morgan fingerprint density at radius 2 is 1.68 bits per heavy atom. The molecule has 0 saturated heterocycles. The van der Waals surface area contributed by atoms with Crippen LogP contribution in [0.15, 0.2) is 17.0 Å². The van der Waals surface area contributed by atoms with Crippen molar-refractivity contribution in [3.8, 4) is 17.2 Å². The van der Waals surface area contributed by atoms with Crippen LogP contribution in [0.3, 0.4) is 0 Å². The van der Waals surface area contributed by atoms with Crippen molar-refractivity contribution in [3.05, 3.63) is 29.1 Å². The summed E-state index contributed by atoms with van der Waals surface area (Å²) in [6.45, 7) is 3.22. The molecule has 0 fully saturated rings. The number of aromatic nitrogens is 2. The molecule has 1 amide bonds. The van der Waals surface area contributed by atoms with Crippen molar-refractivity contribution in [2.45, 2.75) is 31.6 Å². The van der Waals surface area contributed by atoms with Gasteiger partial charge in [0.05, 0.1) is 32.7 Å². The number of carbonyl (C=O) groups is 1. The summed E-state index contributed by atoms with van der Waals surface area (Å²) < 4.78 is 44.5.